The van der Waals surface area contributed by atoms with Gasteiger partial charge in [-0.3, -0.25) is 18.1 Å². The van der Waals surface area contributed by atoms with Crippen LogP contribution in [0.1, 0.15) is 239 Å². The maximum Gasteiger partial charge on any atom is 0.472 e. The molecule has 4 unspecified atom stereocenters. The molecule has 0 aromatic heterocycles. The number of guanidine groups is 3. The predicted molar refractivity (Wildman–Crippen MR) is 399 cm³/mol. The smallest absolute Gasteiger partial charge is 0.396 e. The number of unbranched alkanes of at least 4 members (excludes halogenated alkanes) is 30. The quantitative estimate of drug-likeness (QED) is 0.0377. The summed E-state index contributed by atoms with van der Waals surface area (Å²) in [6, 6.07) is 0. The standard InChI is InChI=1S/C69H138N12O14P4/c1-7-10-13-16-19-22-25-28-31-36-41-76-47-44-73(4)67(76)70-96(83,84)79-50-55-89-64(58-79)61-93-97(85,71-68-74(5)45-48-77(68)42-37-32-29-26-23-20-17-14-11-8-2)80-51-56-90-65(59-80)62-94-98(86,72-69-75(6)46-49-78(69)43-38-33-30-27-24-21-18-15-12-9-3)81-52-57-91-66(60-81)63-95-99(87,88)92-54-40-35-34-39-53-82/h64-66,82H,7-63H2,1-6H3,(H,83,84)(H,87,88)/t64-,65-,66-,97?,98?/m0/s1. The van der Waals surface area contributed by atoms with E-state index >= 15 is 9.13 Å². The Hall–Kier alpha value is -1.79. The molecule has 6 rings (SSSR count). The van der Waals surface area contributed by atoms with E-state index in [9.17, 15) is 18.9 Å². The lowest BCUT2D eigenvalue weighted by atomic mass is 10.1. The van der Waals surface area contributed by atoms with Crippen molar-refractivity contribution < 1.29 is 65.5 Å². The average Bonchev–Trinajstić information content (AvgIpc) is 1.76. The van der Waals surface area contributed by atoms with Crippen LogP contribution in [0.15, 0.2) is 14.3 Å². The first-order valence-corrected chi connectivity index (χ1v) is 45.4. The summed E-state index contributed by atoms with van der Waals surface area (Å²) in [7, 11) is -11.3. The Kier molecular flexibility index (Phi) is 42.1. The predicted octanol–water partition coefficient (Wildman–Crippen LogP) is 13.7. The van der Waals surface area contributed by atoms with Crippen molar-refractivity contribution in [3.8, 4) is 0 Å². The molecular weight excluding hydrogens is 1340 g/mol. The van der Waals surface area contributed by atoms with E-state index in [0.29, 0.717) is 63.4 Å². The lowest BCUT2D eigenvalue weighted by molar-refractivity contribution is -0.0465. The monoisotopic (exact) mass is 1480 g/mol. The Morgan fingerprint density at radius 1 is 0.374 bits per heavy atom. The van der Waals surface area contributed by atoms with Crippen molar-refractivity contribution in [1.29, 1.82) is 0 Å². The first-order chi connectivity index (χ1) is 47.9. The molecule has 7 atom stereocenters. The third-order valence-corrected chi connectivity index (χ3v) is 26.5. The average molecular weight is 1480 g/mol. The number of aliphatic hydroxyl groups excluding tert-OH is 1. The Bertz CT molecular complexity index is 2500. The second kappa shape index (κ2) is 48.4. The molecule has 0 bridgehead atoms. The van der Waals surface area contributed by atoms with Crippen LogP contribution in [0.4, 0.5) is 0 Å². The molecule has 0 spiro atoms. The van der Waals surface area contributed by atoms with E-state index in [4.69, 9.17) is 46.9 Å². The van der Waals surface area contributed by atoms with E-state index in [-0.39, 0.29) is 92.1 Å². The van der Waals surface area contributed by atoms with E-state index in [1.165, 1.54) is 146 Å². The van der Waals surface area contributed by atoms with Crippen molar-refractivity contribution in [2.24, 2.45) is 14.3 Å². The molecule has 3 N–H and O–H groups in total. The van der Waals surface area contributed by atoms with Crippen molar-refractivity contribution in [2.45, 2.75) is 257 Å². The van der Waals surface area contributed by atoms with Crippen molar-refractivity contribution >= 4 is 48.7 Å². The Morgan fingerprint density at radius 2 is 0.677 bits per heavy atom. The molecule has 26 nitrogen and oxygen atoms in total. The second-order valence-corrected chi connectivity index (χ2v) is 35.8. The van der Waals surface area contributed by atoms with Crippen molar-refractivity contribution in [3.05, 3.63) is 0 Å². The highest BCUT2D eigenvalue weighted by molar-refractivity contribution is 7.55. The van der Waals surface area contributed by atoms with Crippen LogP contribution < -0.4 is 0 Å². The summed E-state index contributed by atoms with van der Waals surface area (Å²) >= 11 is 0. The van der Waals surface area contributed by atoms with Crippen molar-refractivity contribution in [3.63, 3.8) is 0 Å². The van der Waals surface area contributed by atoms with Crippen LogP contribution in [-0.2, 0) is 50.6 Å². The zero-order chi connectivity index (χ0) is 71.0. The highest BCUT2D eigenvalue weighted by atomic mass is 31.2. The second-order valence-electron chi connectivity index (χ2n) is 28.5. The number of phosphoric acid groups is 1. The van der Waals surface area contributed by atoms with Gasteiger partial charge in [-0.1, -0.05) is 207 Å². The summed E-state index contributed by atoms with van der Waals surface area (Å²) in [5, 5.41) is 9.14. The molecule has 0 amide bonds. The van der Waals surface area contributed by atoms with Gasteiger partial charge in [0.15, 0.2) is 0 Å². The number of nitrogens with zero attached hydrogens (tertiary/aromatic N) is 12. The minimum Gasteiger partial charge on any atom is -0.396 e. The maximum absolute atomic E-state index is 16.2. The summed E-state index contributed by atoms with van der Waals surface area (Å²) in [5.41, 5.74) is 0. The molecule has 0 aromatic rings. The van der Waals surface area contributed by atoms with Gasteiger partial charge in [0.2, 0.25) is 17.9 Å². The van der Waals surface area contributed by atoms with Gasteiger partial charge >= 0.3 is 30.8 Å². The van der Waals surface area contributed by atoms with E-state index < -0.39 is 49.1 Å². The van der Waals surface area contributed by atoms with Gasteiger partial charge in [0.1, 0.15) is 0 Å². The van der Waals surface area contributed by atoms with Crippen molar-refractivity contribution in [2.75, 3.05) is 172 Å². The van der Waals surface area contributed by atoms with Crippen LogP contribution in [0.3, 0.4) is 0 Å². The number of likely N-dealkylation sites (N-methyl/N-ethyl adjacent to an activating group) is 3. The number of rotatable bonds is 55. The number of phosphoric ester groups is 1. The van der Waals surface area contributed by atoms with Gasteiger partial charge in [-0.2, -0.15) is 14.3 Å². The van der Waals surface area contributed by atoms with Crippen LogP contribution in [0.25, 0.3) is 0 Å². The molecule has 0 radical (unpaired) electrons. The minimum absolute atomic E-state index is 0.00749. The van der Waals surface area contributed by atoms with E-state index in [1.54, 1.807) is 9.34 Å². The topological polar surface area (TPSA) is 260 Å². The SMILES string of the molecule is CCCCCCCCCCCCN1CCN(C)C1=NP(=O)(O)N1CCO[C@H](COP(=O)(N=C2N(C)CCN2CCCCCCCCCCCC)N2CCO[C@H](COP(=O)(N=C3N(C)CCN3CCCCCCCCCCCC)N3CCO[C@H](COP(=O)(O)OCCCCCCO)C3)C2)C1. The van der Waals surface area contributed by atoms with Gasteiger partial charge in [0.25, 0.3) is 0 Å². The van der Waals surface area contributed by atoms with Crippen LogP contribution in [0, 0.1) is 0 Å². The summed E-state index contributed by atoms with van der Waals surface area (Å²) in [6.07, 6.45) is 36.9. The molecule has 6 aliphatic heterocycles. The van der Waals surface area contributed by atoms with E-state index in [0.717, 1.165) is 90.4 Å². The highest BCUT2D eigenvalue weighted by Crippen LogP contribution is 2.57. The number of morpholine rings is 3. The zero-order valence-electron chi connectivity index (χ0n) is 62.5. The maximum atomic E-state index is 16.2. The molecule has 0 saturated carbocycles. The highest BCUT2D eigenvalue weighted by Gasteiger charge is 2.45. The first kappa shape index (κ1) is 86.1. The van der Waals surface area contributed by atoms with Crippen molar-refractivity contribution in [1.82, 2.24) is 43.4 Å². The van der Waals surface area contributed by atoms with Crippen LogP contribution in [0.5, 0.6) is 0 Å². The zero-order valence-corrected chi connectivity index (χ0v) is 66.1. The number of aliphatic hydroxyl groups is 1. The molecule has 0 aromatic carbocycles. The molecule has 6 fully saturated rings. The normalized spacial score (nSPS) is 23.9. The number of ether oxygens (including phenoxy) is 3. The van der Waals surface area contributed by atoms with Crippen LogP contribution >= 0.6 is 30.8 Å². The van der Waals surface area contributed by atoms with E-state index in [2.05, 4.69) is 40.2 Å². The van der Waals surface area contributed by atoms with Gasteiger partial charge in [-0.25, -0.2) is 32.3 Å². The summed E-state index contributed by atoms with van der Waals surface area (Å²) < 4.78 is 122. The third-order valence-electron chi connectivity index (χ3n) is 20.0. The molecule has 6 heterocycles. The Labute approximate surface area is 598 Å². The molecule has 6 saturated heterocycles. The largest absolute Gasteiger partial charge is 0.472 e. The van der Waals surface area contributed by atoms with Crippen LogP contribution in [0.2, 0.25) is 0 Å². The lowest BCUT2D eigenvalue weighted by Gasteiger charge is -2.39. The molecule has 578 valence electrons. The summed E-state index contributed by atoms with van der Waals surface area (Å²) in [4.78, 5) is 35.0. The van der Waals surface area contributed by atoms with Crippen LogP contribution in [-0.4, -0.2) is 267 Å². The van der Waals surface area contributed by atoms with Gasteiger partial charge in [-0.15, -0.1) is 0 Å². The van der Waals surface area contributed by atoms with E-state index in [1.807, 2.05) is 35.8 Å². The number of hydrogen-bond acceptors (Lipinski definition) is 12. The Morgan fingerprint density at radius 3 is 1.04 bits per heavy atom. The molecular formula is C69H138N12O14P4. The first-order valence-electron chi connectivity index (χ1n) is 39.3. The van der Waals surface area contributed by atoms with Gasteiger partial charge in [-0.05, 0) is 32.1 Å². The molecule has 99 heavy (non-hydrogen) atoms. The van der Waals surface area contributed by atoms with Gasteiger partial charge < -0.3 is 58.5 Å². The van der Waals surface area contributed by atoms with Gasteiger partial charge in [0.05, 0.1) is 64.6 Å². The fourth-order valence-electron chi connectivity index (χ4n) is 13.7. The minimum atomic E-state index is -4.46. The molecule has 0 aliphatic carbocycles. The summed E-state index contributed by atoms with van der Waals surface area (Å²) in [6.45, 7) is 13.7. The lowest BCUT2D eigenvalue weighted by Crippen LogP contribution is -2.46. The fourth-order valence-corrected chi connectivity index (χ4v) is 19.8. The third kappa shape index (κ3) is 32.1. The fraction of sp³-hybridized carbons (Fsp3) is 0.957. The summed E-state index contributed by atoms with van der Waals surface area (Å²) in [5.74, 6) is 1.66. The number of hydrogen-bond donors (Lipinski definition) is 3. The molecule has 30 heteroatoms. The molecule has 6 aliphatic rings. The van der Waals surface area contributed by atoms with Gasteiger partial charge in [0, 0.05) is 126 Å². The Balaban J connectivity index is 1.18.